The molecule has 0 fully saturated rings. The third-order valence-corrected chi connectivity index (χ3v) is 2.46. The molecule has 0 aromatic heterocycles. The molecule has 0 bridgehead atoms. The fourth-order valence-electron chi connectivity index (χ4n) is 1.55. The van der Waals surface area contributed by atoms with Gasteiger partial charge in [0, 0.05) is 5.56 Å². The average molecular weight is 229 g/mol. The SMILES string of the molecule is NCCc1cccc(C2(C(F)(F)F)N=N2)c1. The van der Waals surface area contributed by atoms with Gasteiger partial charge in [0.15, 0.2) is 0 Å². The minimum atomic E-state index is -4.46. The minimum Gasteiger partial charge on any atom is -0.330 e. The molecule has 1 aliphatic heterocycles. The highest BCUT2D eigenvalue weighted by atomic mass is 19.4. The van der Waals surface area contributed by atoms with Crippen LogP contribution in [0.2, 0.25) is 0 Å². The molecular formula is C10H10F3N3. The molecule has 0 aliphatic carbocycles. The Hall–Kier alpha value is -1.43. The molecule has 3 nitrogen and oxygen atoms in total. The predicted molar refractivity (Wildman–Crippen MR) is 51.8 cm³/mol. The van der Waals surface area contributed by atoms with E-state index in [-0.39, 0.29) is 5.56 Å². The summed E-state index contributed by atoms with van der Waals surface area (Å²) < 4.78 is 38.1. The highest BCUT2D eigenvalue weighted by Gasteiger charge is 2.65. The number of benzene rings is 1. The van der Waals surface area contributed by atoms with Gasteiger partial charge in [0.1, 0.15) is 0 Å². The molecule has 0 unspecified atom stereocenters. The second-order valence-corrected chi connectivity index (χ2v) is 3.61. The van der Waals surface area contributed by atoms with Crippen LogP contribution in [-0.4, -0.2) is 12.7 Å². The summed E-state index contributed by atoms with van der Waals surface area (Å²) in [4.78, 5) is 0. The maximum atomic E-state index is 12.7. The Kier molecular flexibility index (Phi) is 2.46. The van der Waals surface area contributed by atoms with E-state index in [1.165, 1.54) is 12.1 Å². The van der Waals surface area contributed by atoms with Crippen LogP contribution in [0.1, 0.15) is 11.1 Å². The largest absolute Gasteiger partial charge is 0.442 e. The van der Waals surface area contributed by atoms with Crippen molar-refractivity contribution >= 4 is 0 Å². The van der Waals surface area contributed by atoms with Crippen LogP contribution in [0.5, 0.6) is 0 Å². The molecule has 1 heterocycles. The summed E-state index contributed by atoms with van der Waals surface area (Å²) in [6, 6.07) is 6.15. The molecule has 0 saturated carbocycles. The minimum absolute atomic E-state index is 0.0611. The van der Waals surface area contributed by atoms with Crippen LogP contribution in [0, 0.1) is 0 Å². The zero-order valence-corrected chi connectivity index (χ0v) is 8.33. The van der Waals surface area contributed by atoms with E-state index in [2.05, 4.69) is 10.2 Å². The molecular weight excluding hydrogens is 219 g/mol. The molecule has 1 aliphatic rings. The Bertz CT molecular complexity index is 420. The third-order valence-electron chi connectivity index (χ3n) is 2.46. The van der Waals surface area contributed by atoms with Crippen LogP contribution in [0.3, 0.4) is 0 Å². The molecule has 0 atom stereocenters. The lowest BCUT2D eigenvalue weighted by Crippen LogP contribution is -2.30. The first-order chi connectivity index (χ1) is 7.49. The van der Waals surface area contributed by atoms with Gasteiger partial charge in [0.05, 0.1) is 0 Å². The van der Waals surface area contributed by atoms with Crippen molar-refractivity contribution in [3.63, 3.8) is 0 Å². The number of hydrogen-bond acceptors (Lipinski definition) is 3. The van der Waals surface area contributed by atoms with Gasteiger partial charge in [0.25, 0.3) is 0 Å². The van der Waals surface area contributed by atoms with Crippen molar-refractivity contribution in [2.75, 3.05) is 6.54 Å². The molecule has 1 aromatic rings. The van der Waals surface area contributed by atoms with Gasteiger partial charge in [-0.25, -0.2) is 0 Å². The second-order valence-electron chi connectivity index (χ2n) is 3.61. The van der Waals surface area contributed by atoms with Gasteiger partial charge in [-0.2, -0.15) is 13.2 Å². The number of rotatable bonds is 3. The van der Waals surface area contributed by atoms with E-state index in [0.717, 1.165) is 5.56 Å². The van der Waals surface area contributed by atoms with Gasteiger partial charge in [-0.05, 0) is 18.5 Å². The van der Waals surface area contributed by atoms with Gasteiger partial charge in [-0.3, -0.25) is 0 Å². The molecule has 2 rings (SSSR count). The highest BCUT2D eigenvalue weighted by molar-refractivity contribution is 5.33. The Labute approximate surface area is 90.2 Å². The first-order valence-electron chi connectivity index (χ1n) is 4.80. The van der Waals surface area contributed by atoms with Crippen molar-refractivity contribution in [3.8, 4) is 0 Å². The van der Waals surface area contributed by atoms with Crippen LogP contribution in [-0.2, 0) is 12.1 Å². The van der Waals surface area contributed by atoms with Crippen molar-refractivity contribution in [1.29, 1.82) is 0 Å². The van der Waals surface area contributed by atoms with E-state index >= 15 is 0 Å². The maximum absolute atomic E-state index is 12.7. The van der Waals surface area contributed by atoms with Crippen molar-refractivity contribution in [3.05, 3.63) is 35.4 Å². The average Bonchev–Trinajstić information content (AvgIpc) is 2.98. The number of nitrogens with zero attached hydrogens (tertiary/aromatic N) is 2. The van der Waals surface area contributed by atoms with Crippen molar-refractivity contribution < 1.29 is 13.2 Å². The van der Waals surface area contributed by atoms with Gasteiger partial charge in [0.2, 0.25) is 0 Å². The summed E-state index contributed by atoms with van der Waals surface area (Å²) in [5, 5.41) is 6.29. The fourth-order valence-corrected chi connectivity index (χ4v) is 1.55. The maximum Gasteiger partial charge on any atom is 0.442 e. The van der Waals surface area contributed by atoms with Crippen molar-refractivity contribution in [2.24, 2.45) is 16.0 Å². The molecule has 6 heteroatoms. The highest BCUT2D eigenvalue weighted by Crippen LogP contribution is 2.52. The van der Waals surface area contributed by atoms with Gasteiger partial charge in [-0.1, -0.05) is 24.3 Å². The summed E-state index contributed by atoms with van der Waals surface area (Å²) in [5.41, 5.74) is 3.86. The lowest BCUT2D eigenvalue weighted by molar-refractivity contribution is -0.166. The van der Waals surface area contributed by atoms with Gasteiger partial charge in [-0.15, -0.1) is 10.2 Å². The summed E-state index contributed by atoms with van der Waals surface area (Å²) in [7, 11) is 0. The molecule has 0 amide bonds. The van der Waals surface area contributed by atoms with E-state index in [1.54, 1.807) is 12.1 Å². The van der Waals surface area contributed by atoms with E-state index in [1.807, 2.05) is 0 Å². The van der Waals surface area contributed by atoms with Crippen LogP contribution in [0.15, 0.2) is 34.5 Å². The Morgan fingerprint density at radius 3 is 2.44 bits per heavy atom. The summed E-state index contributed by atoms with van der Waals surface area (Å²) in [6.45, 7) is 0.400. The molecule has 0 radical (unpaired) electrons. The van der Waals surface area contributed by atoms with E-state index < -0.39 is 11.8 Å². The first kappa shape index (κ1) is 11.1. The predicted octanol–water partition coefficient (Wildman–Crippen LogP) is 2.37. The lowest BCUT2D eigenvalue weighted by Gasteiger charge is -2.15. The van der Waals surface area contributed by atoms with E-state index in [4.69, 9.17) is 5.73 Å². The second kappa shape index (κ2) is 3.55. The van der Waals surface area contributed by atoms with Crippen LogP contribution in [0.25, 0.3) is 0 Å². The Morgan fingerprint density at radius 1 is 1.25 bits per heavy atom. The third kappa shape index (κ3) is 1.69. The number of hydrogen-bond donors (Lipinski definition) is 1. The van der Waals surface area contributed by atoms with Crippen LogP contribution < -0.4 is 5.73 Å². The summed E-state index contributed by atoms with van der Waals surface area (Å²) >= 11 is 0. The van der Waals surface area contributed by atoms with Gasteiger partial charge >= 0.3 is 11.8 Å². The fraction of sp³-hybridized carbons (Fsp3) is 0.400. The molecule has 2 N–H and O–H groups in total. The number of alkyl halides is 3. The summed E-state index contributed by atoms with van der Waals surface area (Å²) in [6.07, 6.45) is -3.92. The number of nitrogens with two attached hydrogens (primary N) is 1. The van der Waals surface area contributed by atoms with E-state index in [0.29, 0.717) is 13.0 Å². The topological polar surface area (TPSA) is 50.7 Å². The molecule has 16 heavy (non-hydrogen) atoms. The molecule has 86 valence electrons. The van der Waals surface area contributed by atoms with Crippen molar-refractivity contribution in [1.82, 2.24) is 0 Å². The van der Waals surface area contributed by atoms with Crippen LogP contribution >= 0.6 is 0 Å². The zero-order chi connectivity index (χ0) is 11.8. The standard InChI is InChI=1S/C10H10F3N3/c11-10(12,13)9(15-16-9)8-3-1-2-7(6-8)4-5-14/h1-3,6H,4-5,14H2. The smallest absolute Gasteiger partial charge is 0.330 e. The van der Waals surface area contributed by atoms with Crippen molar-refractivity contribution in [2.45, 2.75) is 18.3 Å². The summed E-state index contributed by atoms with van der Waals surface area (Å²) in [5.74, 6) is 0. The Balaban J connectivity index is 2.31. The molecule has 0 spiro atoms. The molecule has 1 aromatic carbocycles. The lowest BCUT2D eigenvalue weighted by atomic mass is 9.99. The quantitative estimate of drug-likeness (QED) is 0.849. The monoisotopic (exact) mass is 229 g/mol. The van der Waals surface area contributed by atoms with Crippen LogP contribution in [0.4, 0.5) is 13.2 Å². The first-order valence-corrected chi connectivity index (χ1v) is 4.80. The molecule has 0 saturated heterocycles. The Morgan fingerprint density at radius 2 is 1.94 bits per heavy atom. The van der Waals surface area contributed by atoms with E-state index in [9.17, 15) is 13.2 Å². The number of halogens is 3. The normalized spacial score (nSPS) is 17.5. The van der Waals surface area contributed by atoms with Gasteiger partial charge < -0.3 is 5.73 Å². The zero-order valence-electron chi connectivity index (χ0n) is 8.33.